The van der Waals surface area contributed by atoms with Gasteiger partial charge in [0.1, 0.15) is 17.4 Å². The van der Waals surface area contributed by atoms with E-state index < -0.39 is 17.8 Å². The fourth-order valence-electron chi connectivity index (χ4n) is 4.09. The SMILES string of the molecule is CCOC(=O)c1c(NC(=O)C(=O)N/N=C/c2cccc(OCc3ccccc3Cl)c2)sc2c1CCCCC2. The summed E-state index contributed by atoms with van der Waals surface area (Å²) >= 11 is 7.50. The zero-order chi connectivity index (χ0) is 26.9. The van der Waals surface area contributed by atoms with Crippen molar-refractivity contribution >= 4 is 51.9 Å². The van der Waals surface area contributed by atoms with Crippen molar-refractivity contribution in [3.05, 3.63) is 80.7 Å². The van der Waals surface area contributed by atoms with E-state index in [2.05, 4.69) is 15.8 Å². The molecule has 0 atom stereocenters. The molecule has 2 amide bonds. The lowest BCUT2D eigenvalue weighted by atomic mass is 10.1. The largest absolute Gasteiger partial charge is 0.489 e. The van der Waals surface area contributed by atoms with Crippen LogP contribution in [0.3, 0.4) is 0 Å². The van der Waals surface area contributed by atoms with E-state index in [-0.39, 0.29) is 6.61 Å². The standard InChI is InChI=1S/C28H28ClN3O5S/c1-2-36-28(35)24-21-12-4-3-5-14-23(21)38-27(24)31-25(33)26(34)32-30-16-18-9-8-11-20(15-18)37-17-19-10-6-7-13-22(19)29/h6-11,13,15-16H,2-5,12,14,17H2,1H3,(H,31,33)(H,32,34)/b30-16+. The van der Waals surface area contributed by atoms with Crippen molar-refractivity contribution in [1.29, 1.82) is 0 Å². The maximum Gasteiger partial charge on any atom is 0.341 e. The van der Waals surface area contributed by atoms with Crippen LogP contribution in [0.4, 0.5) is 5.00 Å². The number of hydrogen-bond acceptors (Lipinski definition) is 7. The van der Waals surface area contributed by atoms with Crippen molar-refractivity contribution in [3.63, 3.8) is 0 Å². The molecule has 1 aliphatic rings. The van der Waals surface area contributed by atoms with Crippen LogP contribution in [0.1, 0.15) is 58.1 Å². The second-order valence-electron chi connectivity index (χ2n) is 8.59. The van der Waals surface area contributed by atoms with E-state index in [1.165, 1.54) is 17.6 Å². The number of anilines is 1. The van der Waals surface area contributed by atoms with Crippen molar-refractivity contribution in [1.82, 2.24) is 5.43 Å². The molecule has 1 heterocycles. The molecular weight excluding hydrogens is 526 g/mol. The Kier molecular flexibility index (Phi) is 9.51. The average Bonchev–Trinajstić information content (AvgIpc) is 3.08. The number of nitrogens with one attached hydrogen (secondary N) is 2. The molecule has 0 spiro atoms. The van der Waals surface area contributed by atoms with Gasteiger partial charge in [-0.1, -0.05) is 48.4 Å². The highest BCUT2D eigenvalue weighted by molar-refractivity contribution is 7.17. The fraction of sp³-hybridized carbons (Fsp3) is 0.286. The molecule has 10 heteroatoms. The maximum atomic E-state index is 12.7. The minimum Gasteiger partial charge on any atom is -0.489 e. The highest BCUT2D eigenvalue weighted by atomic mass is 35.5. The average molecular weight is 554 g/mol. The van der Waals surface area contributed by atoms with Gasteiger partial charge < -0.3 is 14.8 Å². The van der Waals surface area contributed by atoms with Crippen molar-refractivity contribution < 1.29 is 23.9 Å². The lowest BCUT2D eigenvalue weighted by Gasteiger charge is -2.08. The first-order chi connectivity index (χ1) is 18.5. The summed E-state index contributed by atoms with van der Waals surface area (Å²) in [6.07, 6.45) is 6.05. The molecule has 0 aliphatic heterocycles. The number of fused-ring (bicyclic) bond motifs is 1. The summed E-state index contributed by atoms with van der Waals surface area (Å²) in [5.74, 6) is -1.76. The number of carbonyl (C=O) groups is 3. The van der Waals surface area contributed by atoms with Gasteiger partial charge in [0.2, 0.25) is 0 Å². The Hall–Kier alpha value is -3.69. The van der Waals surface area contributed by atoms with E-state index in [0.29, 0.717) is 33.5 Å². The molecule has 0 saturated carbocycles. The number of hydrogen-bond donors (Lipinski definition) is 2. The Balaban J connectivity index is 1.37. The van der Waals surface area contributed by atoms with E-state index in [9.17, 15) is 14.4 Å². The second-order valence-corrected chi connectivity index (χ2v) is 10.1. The quantitative estimate of drug-likeness (QED) is 0.126. The molecule has 38 heavy (non-hydrogen) atoms. The summed E-state index contributed by atoms with van der Waals surface area (Å²) in [7, 11) is 0. The van der Waals surface area contributed by atoms with Gasteiger partial charge in [-0.15, -0.1) is 11.3 Å². The van der Waals surface area contributed by atoms with Crippen LogP contribution in [0.25, 0.3) is 0 Å². The predicted molar refractivity (Wildman–Crippen MR) is 148 cm³/mol. The molecule has 8 nitrogen and oxygen atoms in total. The van der Waals surface area contributed by atoms with Gasteiger partial charge in [0.15, 0.2) is 0 Å². The number of ether oxygens (including phenoxy) is 2. The van der Waals surface area contributed by atoms with Crippen LogP contribution in [0.5, 0.6) is 5.75 Å². The van der Waals surface area contributed by atoms with Crippen LogP contribution in [0, 0.1) is 0 Å². The number of benzene rings is 2. The van der Waals surface area contributed by atoms with Crippen LogP contribution < -0.4 is 15.5 Å². The lowest BCUT2D eigenvalue weighted by Crippen LogP contribution is -2.32. The molecule has 2 aromatic carbocycles. The molecular formula is C28H28ClN3O5S. The second kappa shape index (κ2) is 13.2. The molecule has 0 unspecified atom stereocenters. The minimum absolute atomic E-state index is 0.221. The van der Waals surface area contributed by atoms with Gasteiger partial charge in [0, 0.05) is 15.5 Å². The van der Waals surface area contributed by atoms with Crippen LogP contribution in [-0.2, 0) is 33.8 Å². The Morgan fingerprint density at radius 1 is 1.05 bits per heavy atom. The number of hydrazone groups is 1. The third-order valence-electron chi connectivity index (χ3n) is 5.92. The molecule has 0 saturated heterocycles. The number of rotatable bonds is 8. The Morgan fingerprint density at radius 2 is 1.87 bits per heavy atom. The van der Waals surface area contributed by atoms with Gasteiger partial charge in [0.05, 0.1) is 18.4 Å². The summed E-state index contributed by atoms with van der Waals surface area (Å²) < 4.78 is 11.0. The topological polar surface area (TPSA) is 106 Å². The van der Waals surface area contributed by atoms with E-state index >= 15 is 0 Å². The monoisotopic (exact) mass is 553 g/mol. The first-order valence-corrected chi connectivity index (χ1v) is 13.6. The summed E-state index contributed by atoms with van der Waals surface area (Å²) in [6.45, 7) is 2.25. The van der Waals surface area contributed by atoms with E-state index in [0.717, 1.165) is 48.1 Å². The molecule has 1 aromatic heterocycles. The smallest absolute Gasteiger partial charge is 0.341 e. The first kappa shape index (κ1) is 27.3. The number of esters is 1. The van der Waals surface area contributed by atoms with E-state index in [1.807, 2.05) is 18.2 Å². The Labute approximate surface area is 230 Å². The van der Waals surface area contributed by atoms with Crippen molar-refractivity contribution in [2.24, 2.45) is 5.10 Å². The zero-order valence-corrected chi connectivity index (χ0v) is 22.5. The van der Waals surface area contributed by atoms with Crippen molar-refractivity contribution in [2.75, 3.05) is 11.9 Å². The summed E-state index contributed by atoms with van der Waals surface area (Å²) in [5, 5.41) is 7.44. The molecule has 1 aliphatic carbocycles. The number of amides is 2. The number of thiophene rings is 1. The molecule has 198 valence electrons. The molecule has 2 N–H and O–H groups in total. The minimum atomic E-state index is -0.953. The third kappa shape index (κ3) is 6.99. The normalized spacial score (nSPS) is 12.9. The summed E-state index contributed by atoms with van der Waals surface area (Å²) in [4.78, 5) is 38.7. The highest BCUT2D eigenvalue weighted by Gasteiger charge is 2.27. The number of nitrogens with zero attached hydrogens (tertiary/aromatic N) is 1. The Morgan fingerprint density at radius 3 is 2.68 bits per heavy atom. The van der Waals surface area contributed by atoms with Crippen molar-refractivity contribution in [2.45, 2.75) is 45.6 Å². The molecule has 3 aromatic rings. The Bertz CT molecular complexity index is 1350. The summed E-state index contributed by atoms with van der Waals surface area (Å²) in [5.41, 5.74) is 5.02. The van der Waals surface area contributed by atoms with Gasteiger partial charge >= 0.3 is 17.8 Å². The van der Waals surface area contributed by atoms with Crippen LogP contribution in [0.2, 0.25) is 5.02 Å². The molecule has 0 radical (unpaired) electrons. The number of carbonyl (C=O) groups excluding carboxylic acids is 3. The van der Waals surface area contributed by atoms with E-state index in [4.69, 9.17) is 21.1 Å². The van der Waals surface area contributed by atoms with Crippen LogP contribution >= 0.6 is 22.9 Å². The predicted octanol–water partition coefficient (Wildman–Crippen LogP) is 5.51. The zero-order valence-electron chi connectivity index (χ0n) is 20.9. The van der Waals surface area contributed by atoms with E-state index in [1.54, 1.807) is 37.3 Å². The highest BCUT2D eigenvalue weighted by Crippen LogP contribution is 2.38. The summed E-state index contributed by atoms with van der Waals surface area (Å²) in [6, 6.07) is 14.5. The maximum absolute atomic E-state index is 12.7. The van der Waals surface area contributed by atoms with Gasteiger partial charge in [-0.25, -0.2) is 10.2 Å². The van der Waals surface area contributed by atoms with Crippen LogP contribution in [-0.4, -0.2) is 30.6 Å². The van der Waals surface area contributed by atoms with Crippen molar-refractivity contribution in [3.8, 4) is 5.75 Å². The fourth-order valence-corrected chi connectivity index (χ4v) is 5.55. The van der Waals surface area contributed by atoms with Crippen LogP contribution in [0.15, 0.2) is 53.6 Å². The lowest BCUT2D eigenvalue weighted by molar-refractivity contribution is -0.136. The molecule has 4 rings (SSSR count). The number of aryl methyl sites for hydroxylation is 1. The van der Waals surface area contributed by atoms with Gasteiger partial charge in [-0.05, 0) is 61.9 Å². The third-order valence-corrected chi connectivity index (χ3v) is 7.50. The van der Waals surface area contributed by atoms with Gasteiger partial charge in [-0.3, -0.25) is 9.59 Å². The molecule has 0 fully saturated rings. The first-order valence-electron chi connectivity index (χ1n) is 12.4. The van der Waals surface area contributed by atoms with Gasteiger partial charge in [-0.2, -0.15) is 5.10 Å². The number of halogens is 1. The molecule has 0 bridgehead atoms. The van der Waals surface area contributed by atoms with Gasteiger partial charge in [0.25, 0.3) is 0 Å².